The first-order valence-corrected chi connectivity index (χ1v) is 4.19. The minimum atomic E-state index is -3.01. The summed E-state index contributed by atoms with van der Waals surface area (Å²) in [6.07, 6.45) is 0.757. The van der Waals surface area contributed by atoms with Crippen molar-refractivity contribution in [2.24, 2.45) is 0 Å². The molecule has 0 radical (unpaired) electrons. The lowest BCUT2D eigenvalue weighted by atomic mass is 10.0. The van der Waals surface area contributed by atoms with Gasteiger partial charge in [0.2, 0.25) is 0 Å². The van der Waals surface area contributed by atoms with Crippen molar-refractivity contribution in [2.45, 2.75) is 46.0 Å². The van der Waals surface area contributed by atoms with Gasteiger partial charge in [0.15, 0.2) is 0 Å². The summed E-state index contributed by atoms with van der Waals surface area (Å²) < 4.78 is 38.3. The summed E-state index contributed by atoms with van der Waals surface area (Å²) in [5.74, 6) is -3.65. The third-order valence-electron chi connectivity index (χ3n) is 1.68. The van der Waals surface area contributed by atoms with Crippen molar-refractivity contribution in [1.82, 2.24) is 0 Å². The molecular formula is C9H15F3. The van der Waals surface area contributed by atoms with Gasteiger partial charge in [0.25, 0.3) is 5.92 Å². The van der Waals surface area contributed by atoms with E-state index >= 15 is 0 Å². The predicted octanol–water partition coefficient (Wildman–Crippen LogP) is 4.08. The van der Waals surface area contributed by atoms with Crippen LogP contribution >= 0.6 is 0 Å². The molecule has 0 N–H and O–H groups in total. The van der Waals surface area contributed by atoms with Gasteiger partial charge in [-0.25, -0.2) is 13.2 Å². The van der Waals surface area contributed by atoms with Crippen LogP contribution in [0.1, 0.15) is 40.0 Å². The fraction of sp³-hybridized carbons (Fsp3) is 0.778. The second kappa shape index (κ2) is 4.53. The first kappa shape index (κ1) is 11.5. The van der Waals surface area contributed by atoms with Crippen molar-refractivity contribution in [1.29, 1.82) is 0 Å². The van der Waals surface area contributed by atoms with Crippen LogP contribution in [0.4, 0.5) is 13.2 Å². The van der Waals surface area contributed by atoms with Gasteiger partial charge < -0.3 is 0 Å². The summed E-state index contributed by atoms with van der Waals surface area (Å²) in [7, 11) is 0. The topological polar surface area (TPSA) is 0 Å². The Bertz CT molecular complexity index is 165. The molecule has 0 saturated carbocycles. The summed E-state index contributed by atoms with van der Waals surface area (Å²) >= 11 is 0. The van der Waals surface area contributed by atoms with Crippen LogP contribution in [0.15, 0.2) is 11.4 Å². The molecular weight excluding hydrogens is 165 g/mol. The SMILES string of the molecule is CCCC(F)=C(CC)C(C)(F)F. The molecule has 0 fully saturated rings. The maximum Gasteiger partial charge on any atom is 0.269 e. The molecule has 0 heterocycles. The zero-order valence-corrected chi connectivity index (χ0v) is 7.76. The van der Waals surface area contributed by atoms with Crippen molar-refractivity contribution in [3.63, 3.8) is 0 Å². The average molecular weight is 180 g/mol. The predicted molar refractivity (Wildman–Crippen MR) is 44.0 cm³/mol. The standard InChI is InChI=1S/C9H15F3/c1-4-6-8(10)7(5-2)9(3,11)12/h4-6H2,1-3H3. The summed E-state index contributed by atoms with van der Waals surface area (Å²) in [4.78, 5) is 0. The van der Waals surface area contributed by atoms with Crippen molar-refractivity contribution >= 4 is 0 Å². The number of rotatable bonds is 4. The molecule has 0 spiro atoms. The van der Waals surface area contributed by atoms with Crippen LogP contribution in [0.3, 0.4) is 0 Å². The molecule has 0 aromatic carbocycles. The molecule has 0 amide bonds. The van der Waals surface area contributed by atoms with Crippen LogP contribution in [0.2, 0.25) is 0 Å². The zero-order chi connectivity index (χ0) is 9.78. The second-order valence-corrected chi connectivity index (χ2v) is 2.88. The quantitative estimate of drug-likeness (QED) is 0.611. The van der Waals surface area contributed by atoms with Crippen LogP contribution in [-0.4, -0.2) is 5.92 Å². The Labute approximate surface area is 71.5 Å². The highest BCUT2D eigenvalue weighted by molar-refractivity contribution is 5.15. The van der Waals surface area contributed by atoms with Crippen LogP contribution < -0.4 is 0 Å². The minimum Gasteiger partial charge on any atom is -0.212 e. The molecule has 3 heteroatoms. The van der Waals surface area contributed by atoms with Gasteiger partial charge in [-0.05, 0) is 19.3 Å². The molecule has 0 nitrogen and oxygen atoms in total. The van der Waals surface area contributed by atoms with Crippen molar-refractivity contribution < 1.29 is 13.2 Å². The molecule has 0 aromatic heterocycles. The Kier molecular flexibility index (Phi) is 4.35. The van der Waals surface area contributed by atoms with Crippen LogP contribution in [-0.2, 0) is 0 Å². The smallest absolute Gasteiger partial charge is 0.212 e. The van der Waals surface area contributed by atoms with Gasteiger partial charge in [-0.1, -0.05) is 13.8 Å². The van der Waals surface area contributed by atoms with Crippen molar-refractivity contribution in [2.75, 3.05) is 0 Å². The zero-order valence-electron chi connectivity index (χ0n) is 7.76. The van der Waals surface area contributed by atoms with E-state index in [2.05, 4.69) is 0 Å². The van der Waals surface area contributed by atoms with E-state index in [4.69, 9.17) is 0 Å². The fourth-order valence-corrected chi connectivity index (χ4v) is 1.11. The fourth-order valence-electron chi connectivity index (χ4n) is 1.11. The third-order valence-corrected chi connectivity index (χ3v) is 1.68. The van der Waals surface area contributed by atoms with E-state index in [-0.39, 0.29) is 18.4 Å². The van der Waals surface area contributed by atoms with Gasteiger partial charge in [-0.3, -0.25) is 0 Å². The maximum atomic E-state index is 13.0. The summed E-state index contributed by atoms with van der Waals surface area (Å²) in [6.45, 7) is 4.05. The maximum absolute atomic E-state index is 13.0. The molecule has 0 aliphatic carbocycles. The molecule has 0 unspecified atom stereocenters. The molecule has 0 saturated heterocycles. The number of halogens is 3. The van der Waals surface area contributed by atoms with E-state index in [1.807, 2.05) is 0 Å². The third kappa shape index (κ3) is 3.28. The van der Waals surface area contributed by atoms with Gasteiger partial charge in [-0.15, -0.1) is 0 Å². The Morgan fingerprint density at radius 2 is 1.75 bits per heavy atom. The molecule has 0 aliphatic heterocycles. The average Bonchev–Trinajstić information content (AvgIpc) is 1.85. The lowest BCUT2D eigenvalue weighted by molar-refractivity contribution is 0.0566. The summed E-state index contributed by atoms with van der Waals surface area (Å²) in [5, 5.41) is 0. The van der Waals surface area contributed by atoms with E-state index < -0.39 is 11.7 Å². The number of allylic oxidation sites excluding steroid dienone is 2. The number of alkyl halides is 2. The van der Waals surface area contributed by atoms with Crippen molar-refractivity contribution in [3.05, 3.63) is 11.4 Å². The first-order chi connectivity index (χ1) is 5.43. The largest absolute Gasteiger partial charge is 0.269 e. The highest BCUT2D eigenvalue weighted by Crippen LogP contribution is 2.30. The van der Waals surface area contributed by atoms with Gasteiger partial charge in [0.05, 0.1) is 0 Å². The molecule has 0 atom stereocenters. The molecule has 0 aromatic rings. The Morgan fingerprint density at radius 1 is 1.25 bits per heavy atom. The number of hydrogen-bond acceptors (Lipinski definition) is 0. The van der Waals surface area contributed by atoms with E-state index in [0.29, 0.717) is 6.42 Å². The normalized spacial score (nSPS) is 14.5. The van der Waals surface area contributed by atoms with E-state index in [1.54, 1.807) is 13.8 Å². The Hall–Kier alpha value is -0.470. The summed E-state index contributed by atoms with van der Waals surface area (Å²) in [6, 6.07) is 0. The van der Waals surface area contributed by atoms with Crippen LogP contribution in [0.25, 0.3) is 0 Å². The number of hydrogen-bond donors (Lipinski definition) is 0. The highest BCUT2D eigenvalue weighted by Gasteiger charge is 2.29. The Morgan fingerprint density at radius 3 is 2.00 bits per heavy atom. The van der Waals surface area contributed by atoms with Crippen LogP contribution in [0.5, 0.6) is 0 Å². The molecule has 0 bridgehead atoms. The lowest BCUT2D eigenvalue weighted by Gasteiger charge is -2.14. The monoisotopic (exact) mass is 180 g/mol. The second-order valence-electron chi connectivity index (χ2n) is 2.88. The molecule has 12 heavy (non-hydrogen) atoms. The highest BCUT2D eigenvalue weighted by atomic mass is 19.3. The van der Waals surface area contributed by atoms with E-state index in [1.165, 1.54) is 0 Å². The first-order valence-electron chi connectivity index (χ1n) is 4.19. The van der Waals surface area contributed by atoms with Gasteiger partial charge in [-0.2, -0.15) is 0 Å². The Balaban J connectivity index is 4.61. The van der Waals surface area contributed by atoms with E-state index in [0.717, 1.165) is 6.92 Å². The lowest BCUT2D eigenvalue weighted by Crippen LogP contribution is -2.14. The van der Waals surface area contributed by atoms with Gasteiger partial charge in [0.1, 0.15) is 5.83 Å². The van der Waals surface area contributed by atoms with Gasteiger partial charge in [0, 0.05) is 12.5 Å². The summed E-state index contributed by atoms with van der Waals surface area (Å²) in [5.41, 5.74) is -0.357. The molecule has 72 valence electrons. The van der Waals surface area contributed by atoms with E-state index in [9.17, 15) is 13.2 Å². The molecule has 0 rings (SSSR count). The van der Waals surface area contributed by atoms with Gasteiger partial charge >= 0.3 is 0 Å². The minimum absolute atomic E-state index is 0.0787. The molecule has 0 aliphatic rings. The van der Waals surface area contributed by atoms with Crippen LogP contribution in [0, 0.1) is 0 Å². The van der Waals surface area contributed by atoms with Crippen molar-refractivity contribution in [3.8, 4) is 0 Å².